The zero-order valence-corrected chi connectivity index (χ0v) is 9.27. The Bertz CT molecular complexity index is 162. The molecule has 0 saturated carbocycles. The van der Waals surface area contributed by atoms with Crippen molar-refractivity contribution in [1.82, 2.24) is 4.90 Å². The molecule has 0 aliphatic rings. The van der Waals surface area contributed by atoms with Gasteiger partial charge in [0.2, 0.25) is 5.91 Å². The largest absolute Gasteiger partial charge is 0.341 e. The van der Waals surface area contributed by atoms with Crippen LogP contribution in [0.25, 0.3) is 0 Å². The van der Waals surface area contributed by atoms with Gasteiger partial charge in [-0.05, 0) is 12.3 Å². The Hall–Kier alpha value is -0.240. The summed E-state index contributed by atoms with van der Waals surface area (Å²) in [6.45, 7) is 8.35. The van der Waals surface area contributed by atoms with E-state index in [0.717, 1.165) is 0 Å². The first-order valence-electron chi connectivity index (χ1n) is 4.12. The van der Waals surface area contributed by atoms with Gasteiger partial charge in [0.15, 0.2) is 0 Å². The minimum Gasteiger partial charge on any atom is -0.341 e. The van der Waals surface area contributed by atoms with Crippen LogP contribution in [0.3, 0.4) is 0 Å². The zero-order valence-electron chi connectivity index (χ0n) is 8.52. The fraction of sp³-hybridized carbons (Fsp3) is 0.889. The average molecular weight is 192 g/mol. The highest BCUT2D eigenvalue weighted by atomic mass is 35.5. The number of alkyl halides is 1. The Kier molecular flexibility index (Phi) is 4.04. The summed E-state index contributed by atoms with van der Waals surface area (Å²) in [5, 5.41) is 0. The van der Waals surface area contributed by atoms with Gasteiger partial charge in [-0.1, -0.05) is 20.8 Å². The van der Waals surface area contributed by atoms with Crippen LogP contribution in [0.5, 0.6) is 0 Å². The molecule has 72 valence electrons. The third-order valence-corrected chi connectivity index (χ3v) is 2.57. The Balaban J connectivity index is 4.29. The summed E-state index contributed by atoms with van der Waals surface area (Å²) in [4.78, 5) is 12.9. The van der Waals surface area contributed by atoms with Gasteiger partial charge in [-0.2, -0.15) is 0 Å². The maximum Gasteiger partial charge on any atom is 0.237 e. The summed E-state index contributed by atoms with van der Waals surface area (Å²) >= 11 is 5.45. The number of halogens is 1. The molecule has 0 rings (SSSR count). The molecular weight excluding hydrogens is 174 g/mol. The predicted molar refractivity (Wildman–Crippen MR) is 52.4 cm³/mol. The lowest BCUT2D eigenvalue weighted by atomic mass is 9.87. The van der Waals surface area contributed by atoms with Crippen molar-refractivity contribution in [3.63, 3.8) is 0 Å². The van der Waals surface area contributed by atoms with E-state index >= 15 is 0 Å². The molecule has 1 atom stereocenters. The quantitative estimate of drug-likeness (QED) is 0.613. The Labute approximate surface area is 79.9 Å². The van der Waals surface area contributed by atoms with Gasteiger partial charge < -0.3 is 4.90 Å². The number of amides is 1. The molecular formula is C9H18ClNO. The molecule has 2 nitrogen and oxygen atoms in total. The van der Waals surface area contributed by atoms with E-state index in [9.17, 15) is 4.79 Å². The van der Waals surface area contributed by atoms with Gasteiger partial charge in [0.05, 0.1) is 0 Å². The molecule has 0 aliphatic heterocycles. The number of nitrogens with zero attached hydrogens (tertiary/aromatic N) is 1. The fourth-order valence-electron chi connectivity index (χ4n) is 0.891. The van der Waals surface area contributed by atoms with E-state index in [-0.39, 0.29) is 23.2 Å². The van der Waals surface area contributed by atoms with Crippen molar-refractivity contribution in [2.24, 2.45) is 5.41 Å². The maximum absolute atomic E-state index is 11.2. The number of hydrogen-bond acceptors (Lipinski definition) is 1. The highest BCUT2D eigenvalue weighted by Gasteiger charge is 2.26. The van der Waals surface area contributed by atoms with Crippen molar-refractivity contribution in [2.45, 2.75) is 33.7 Å². The van der Waals surface area contributed by atoms with Gasteiger partial charge in [-0.3, -0.25) is 4.79 Å². The summed E-state index contributed by atoms with van der Waals surface area (Å²) in [7, 11) is 1.79. The SMILES string of the molecule is CC(N(C)C(=O)CCl)C(C)(C)C. The lowest BCUT2D eigenvalue weighted by Gasteiger charge is -2.35. The summed E-state index contributed by atoms with van der Waals surface area (Å²) in [5.74, 6) is 0.0517. The maximum atomic E-state index is 11.2. The molecule has 0 N–H and O–H groups in total. The molecule has 0 aromatic rings. The molecule has 0 fully saturated rings. The van der Waals surface area contributed by atoms with Gasteiger partial charge >= 0.3 is 0 Å². The van der Waals surface area contributed by atoms with Crippen molar-refractivity contribution in [3.05, 3.63) is 0 Å². The van der Waals surface area contributed by atoms with E-state index in [1.807, 2.05) is 6.92 Å². The van der Waals surface area contributed by atoms with Crippen molar-refractivity contribution >= 4 is 17.5 Å². The monoisotopic (exact) mass is 191 g/mol. The first kappa shape index (κ1) is 11.8. The zero-order chi connectivity index (χ0) is 9.94. The van der Waals surface area contributed by atoms with E-state index in [1.165, 1.54) is 0 Å². The van der Waals surface area contributed by atoms with E-state index in [4.69, 9.17) is 11.6 Å². The minimum absolute atomic E-state index is 0.0147. The van der Waals surface area contributed by atoms with E-state index in [0.29, 0.717) is 0 Å². The van der Waals surface area contributed by atoms with Crippen LogP contribution in [0.2, 0.25) is 0 Å². The Morgan fingerprint density at radius 3 is 2.17 bits per heavy atom. The van der Waals surface area contributed by atoms with Crippen LogP contribution < -0.4 is 0 Å². The summed E-state index contributed by atoms with van der Waals surface area (Å²) < 4.78 is 0. The third kappa shape index (κ3) is 3.02. The van der Waals surface area contributed by atoms with Crippen LogP contribution in [0.1, 0.15) is 27.7 Å². The standard InChI is InChI=1S/C9H18ClNO/c1-7(9(2,3)4)11(5)8(12)6-10/h7H,6H2,1-5H3. The Morgan fingerprint density at radius 2 is 1.92 bits per heavy atom. The molecule has 3 heteroatoms. The minimum atomic E-state index is -0.0147. The molecule has 12 heavy (non-hydrogen) atoms. The van der Waals surface area contributed by atoms with Crippen molar-refractivity contribution in [2.75, 3.05) is 12.9 Å². The van der Waals surface area contributed by atoms with Gasteiger partial charge in [0.25, 0.3) is 0 Å². The van der Waals surface area contributed by atoms with Crippen LogP contribution in [0, 0.1) is 5.41 Å². The van der Waals surface area contributed by atoms with Crippen LogP contribution in [-0.2, 0) is 4.79 Å². The fourth-order valence-corrected chi connectivity index (χ4v) is 1.08. The first-order valence-corrected chi connectivity index (χ1v) is 4.65. The van der Waals surface area contributed by atoms with Crippen molar-refractivity contribution < 1.29 is 4.79 Å². The molecule has 0 aliphatic carbocycles. The number of carbonyl (C=O) groups excluding carboxylic acids is 1. The lowest BCUT2D eigenvalue weighted by Crippen LogP contribution is -2.43. The van der Waals surface area contributed by atoms with Gasteiger partial charge in [-0.15, -0.1) is 11.6 Å². The highest BCUT2D eigenvalue weighted by molar-refractivity contribution is 6.27. The van der Waals surface area contributed by atoms with E-state index in [2.05, 4.69) is 20.8 Å². The number of carbonyl (C=O) groups is 1. The van der Waals surface area contributed by atoms with Gasteiger partial charge in [0.1, 0.15) is 5.88 Å². The second-order valence-electron chi connectivity index (χ2n) is 4.18. The van der Waals surface area contributed by atoms with Crippen LogP contribution in [-0.4, -0.2) is 29.8 Å². The molecule has 0 aromatic carbocycles. The van der Waals surface area contributed by atoms with E-state index < -0.39 is 0 Å². The van der Waals surface area contributed by atoms with Crippen LogP contribution >= 0.6 is 11.6 Å². The molecule has 0 aromatic heterocycles. The Morgan fingerprint density at radius 1 is 1.50 bits per heavy atom. The van der Waals surface area contributed by atoms with Crippen molar-refractivity contribution in [3.8, 4) is 0 Å². The second kappa shape index (κ2) is 4.13. The van der Waals surface area contributed by atoms with Gasteiger partial charge in [-0.25, -0.2) is 0 Å². The molecule has 1 amide bonds. The molecule has 0 spiro atoms. The van der Waals surface area contributed by atoms with E-state index in [1.54, 1.807) is 11.9 Å². The van der Waals surface area contributed by atoms with Crippen LogP contribution in [0.4, 0.5) is 0 Å². The highest BCUT2D eigenvalue weighted by Crippen LogP contribution is 2.22. The van der Waals surface area contributed by atoms with Crippen LogP contribution in [0.15, 0.2) is 0 Å². The number of rotatable bonds is 2. The predicted octanol–water partition coefficient (Wildman–Crippen LogP) is 2.12. The molecule has 0 heterocycles. The molecule has 0 bridgehead atoms. The van der Waals surface area contributed by atoms with Crippen molar-refractivity contribution in [1.29, 1.82) is 0 Å². The summed E-state index contributed by atoms with van der Waals surface area (Å²) in [6.07, 6.45) is 0. The first-order chi connectivity index (χ1) is 5.30. The molecule has 0 radical (unpaired) electrons. The topological polar surface area (TPSA) is 20.3 Å². The summed E-state index contributed by atoms with van der Waals surface area (Å²) in [5.41, 5.74) is 0.108. The third-order valence-electron chi connectivity index (χ3n) is 2.34. The molecule has 1 unspecified atom stereocenters. The smallest absolute Gasteiger partial charge is 0.237 e. The second-order valence-corrected chi connectivity index (χ2v) is 4.45. The summed E-state index contributed by atoms with van der Waals surface area (Å²) in [6, 6.07) is 0.212. The van der Waals surface area contributed by atoms with Gasteiger partial charge in [0, 0.05) is 13.1 Å². The average Bonchev–Trinajstić information content (AvgIpc) is 1.98. The molecule has 0 saturated heterocycles. The number of hydrogen-bond donors (Lipinski definition) is 0. The normalized spacial score (nSPS) is 14.2. The lowest BCUT2D eigenvalue weighted by molar-refractivity contribution is -0.130.